The van der Waals surface area contributed by atoms with Crippen LogP contribution in [0.2, 0.25) is 0 Å². The van der Waals surface area contributed by atoms with Crippen molar-refractivity contribution < 1.29 is 4.74 Å². The zero-order chi connectivity index (χ0) is 15.9. The number of rotatable bonds is 7. The molecule has 0 unspecified atom stereocenters. The first-order valence-corrected chi connectivity index (χ1v) is 9.62. The van der Waals surface area contributed by atoms with E-state index in [1.165, 1.54) is 71.1 Å². The van der Waals surface area contributed by atoms with Crippen LogP contribution in [0.15, 0.2) is 0 Å². The fourth-order valence-electron chi connectivity index (χ4n) is 4.09. The molecule has 0 N–H and O–H groups in total. The average Bonchev–Trinajstić information content (AvgIpc) is 2.49. The lowest BCUT2D eigenvalue weighted by molar-refractivity contribution is -0.0204. The monoisotopic (exact) mass is 310 g/mol. The van der Waals surface area contributed by atoms with Crippen molar-refractivity contribution in [2.24, 2.45) is 5.92 Å². The van der Waals surface area contributed by atoms with E-state index >= 15 is 0 Å². The Bertz CT molecular complexity index is 292. The number of nitrogens with zero attached hydrogens (tertiary/aromatic N) is 2. The number of ether oxygens (including phenoxy) is 1. The molecule has 1 heterocycles. The molecule has 3 heteroatoms. The summed E-state index contributed by atoms with van der Waals surface area (Å²) in [5, 5.41) is 0. The molecule has 2 fully saturated rings. The minimum absolute atomic E-state index is 0.394. The summed E-state index contributed by atoms with van der Waals surface area (Å²) >= 11 is 0. The van der Waals surface area contributed by atoms with Gasteiger partial charge in [-0.3, -0.25) is 4.90 Å². The van der Waals surface area contributed by atoms with Crippen LogP contribution in [0.4, 0.5) is 0 Å². The molecular formula is C19H38N2O. The van der Waals surface area contributed by atoms with E-state index in [1.807, 2.05) is 0 Å². The van der Waals surface area contributed by atoms with E-state index < -0.39 is 0 Å². The van der Waals surface area contributed by atoms with Gasteiger partial charge in [0.15, 0.2) is 0 Å². The molecule has 1 saturated carbocycles. The highest BCUT2D eigenvalue weighted by atomic mass is 16.5. The maximum Gasteiger partial charge on any atom is 0.0578 e. The van der Waals surface area contributed by atoms with Gasteiger partial charge in [0.1, 0.15) is 0 Å². The van der Waals surface area contributed by atoms with Gasteiger partial charge in [0.25, 0.3) is 0 Å². The molecule has 1 aliphatic carbocycles. The van der Waals surface area contributed by atoms with Crippen molar-refractivity contribution in [3.8, 4) is 0 Å². The standard InChI is InChI=1S/C19H38N2O/c1-16(2)22-19-10-8-18(9-11-19)7-5-6-17(3)21-14-12-20(4)13-15-21/h16-19H,5-15H2,1-4H3/t17-,18?,19?/m1/s1. The third-order valence-corrected chi connectivity index (χ3v) is 5.65. The van der Waals surface area contributed by atoms with E-state index in [-0.39, 0.29) is 0 Å². The first kappa shape index (κ1) is 18.2. The molecule has 0 aromatic rings. The second-order valence-corrected chi connectivity index (χ2v) is 7.95. The summed E-state index contributed by atoms with van der Waals surface area (Å²) in [4.78, 5) is 5.13. The summed E-state index contributed by atoms with van der Waals surface area (Å²) in [6.07, 6.45) is 10.5. The summed E-state index contributed by atoms with van der Waals surface area (Å²) < 4.78 is 5.96. The molecule has 22 heavy (non-hydrogen) atoms. The summed E-state index contributed by atoms with van der Waals surface area (Å²) in [5.74, 6) is 0.965. The summed E-state index contributed by atoms with van der Waals surface area (Å²) in [7, 11) is 2.24. The van der Waals surface area contributed by atoms with Gasteiger partial charge in [0, 0.05) is 32.2 Å². The van der Waals surface area contributed by atoms with E-state index in [9.17, 15) is 0 Å². The van der Waals surface area contributed by atoms with Crippen molar-refractivity contribution in [1.82, 2.24) is 9.80 Å². The maximum atomic E-state index is 5.96. The highest BCUT2D eigenvalue weighted by molar-refractivity contribution is 4.77. The number of piperazine rings is 1. The van der Waals surface area contributed by atoms with Crippen molar-refractivity contribution in [1.29, 1.82) is 0 Å². The minimum atomic E-state index is 0.394. The zero-order valence-corrected chi connectivity index (χ0v) is 15.4. The smallest absolute Gasteiger partial charge is 0.0578 e. The molecule has 1 atom stereocenters. The van der Waals surface area contributed by atoms with Gasteiger partial charge in [-0.15, -0.1) is 0 Å². The lowest BCUT2D eigenvalue weighted by Gasteiger charge is -2.36. The third kappa shape index (κ3) is 6.17. The Hall–Kier alpha value is -0.120. The van der Waals surface area contributed by atoms with Gasteiger partial charge in [-0.05, 0) is 65.8 Å². The van der Waals surface area contributed by atoms with Crippen molar-refractivity contribution in [2.75, 3.05) is 33.2 Å². The van der Waals surface area contributed by atoms with E-state index in [0.717, 1.165) is 12.0 Å². The van der Waals surface area contributed by atoms with Crippen LogP contribution in [-0.2, 0) is 4.74 Å². The van der Waals surface area contributed by atoms with Crippen LogP contribution in [-0.4, -0.2) is 61.3 Å². The van der Waals surface area contributed by atoms with Crippen molar-refractivity contribution in [2.45, 2.75) is 84.0 Å². The van der Waals surface area contributed by atoms with Gasteiger partial charge < -0.3 is 9.64 Å². The Balaban J connectivity index is 1.55. The van der Waals surface area contributed by atoms with Gasteiger partial charge in [-0.25, -0.2) is 0 Å². The topological polar surface area (TPSA) is 15.7 Å². The number of hydrogen-bond acceptors (Lipinski definition) is 3. The molecule has 3 nitrogen and oxygen atoms in total. The fraction of sp³-hybridized carbons (Fsp3) is 1.00. The van der Waals surface area contributed by atoms with Gasteiger partial charge in [-0.2, -0.15) is 0 Å². The highest BCUT2D eigenvalue weighted by Crippen LogP contribution is 2.30. The minimum Gasteiger partial charge on any atom is -0.376 e. The number of likely N-dealkylation sites (N-methyl/N-ethyl adjacent to an activating group) is 1. The van der Waals surface area contributed by atoms with Gasteiger partial charge in [0.05, 0.1) is 12.2 Å². The largest absolute Gasteiger partial charge is 0.376 e. The van der Waals surface area contributed by atoms with Crippen LogP contribution in [0.5, 0.6) is 0 Å². The predicted molar refractivity (Wildman–Crippen MR) is 94.4 cm³/mol. The number of hydrogen-bond donors (Lipinski definition) is 0. The van der Waals surface area contributed by atoms with E-state index in [1.54, 1.807) is 0 Å². The Labute approximate surface area is 138 Å². The van der Waals surface area contributed by atoms with Crippen LogP contribution in [0.3, 0.4) is 0 Å². The SMILES string of the molecule is CC(C)OC1CCC(CCC[C@@H](C)N2CCN(C)CC2)CC1. The molecule has 130 valence electrons. The van der Waals surface area contributed by atoms with Gasteiger partial charge in [0.2, 0.25) is 0 Å². The summed E-state index contributed by atoms with van der Waals surface area (Å²) in [6, 6.07) is 0.773. The lowest BCUT2D eigenvalue weighted by atomic mass is 9.84. The first-order valence-electron chi connectivity index (χ1n) is 9.62. The average molecular weight is 311 g/mol. The Morgan fingerprint density at radius 3 is 2.18 bits per heavy atom. The second-order valence-electron chi connectivity index (χ2n) is 7.95. The molecular weight excluding hydrogens is 272 g/mol. The Kier molecular flexibility index (Phi) is 7.66. The van der Waals surface area contributed by atoms with Crippen molar-refractivity contribution in [3.63, 3.8) is 0 Å². The molecule has 0 amide bonds. The summed E-state index contributed by atoms with van der Waals surface area (Å²) in [5.41, 5.74) is 0. The fourth-order valence-corrected chi connectivity index (χ4v) is 4.09. The Morgan fingerprint density at radius 1 is 0.955 bits per heavy atom. The molecule has 0 aromatic heterocycles. The van der Waals surface area contributed by atoms with Gasteiger partial charge >= 0.3 is 0 Å². The Morgan fingerprint density at radius 2 is 1.59 bits per heavy atom. The normalized spacial score (nSPS) is 29.9. The van der Waals surface area contributed by atoms with E-state index in [0.29, 0.717) is 12.2 Å². The molecule has 2 aliphatic rings. The molecule has 2 rings (SSSR count). The van der Waals surface area contributed by atoms with Crippen molar-refractivity contribution in [3.05, 3.63) is 0 Å². The predicted octanol–water partition coefficient (Wildman–Crippen LogP) is 3.78. The van der Waals surface area contributed by atoms with Crippen LogP contribution < -0.4 is 0 Å². The summed E-state index contributed by atoms with van der Waals surface area (Å²) in [6.45, 7) is 11.7. The molecule has 0 bridgehead atoms. The molecule has 1 saturated heterocycles. The second kappa shape index (κ2) is 9.24. The van der Waals surface area contributed by atoms with E-state index in [4.69, 9.17) is 4.74 Å². The van der Waals surface area contributed by atoms with Crippen LogP contribution in [0.25, 0.3) is 0 Å². The third-order valence-electron chi connectivity index (χ3n) is 5.65. The zero-order valence-electron chi connectivity index (χ0n) is 15.4. The van der Waals surface area contributed by atoms with Crippen molar-refractivity contribution >= 4 is 0 Å². The first-order chi connectivity index (χ1) is 10.5. The highest BCUT2D eigenvalue weighted by Gasteiger charge is 2.23. The molecule has 1 aliphatic heterocycles. The molecule has 0 radical (unpaired) electrons. The quantitative estimate of drug-likeness (QED) is 0.712. The van der Waals surface area contributed by atoms with Crippen LogP contribution >= 0.6 is 0 Å². The van der Waals surface area contributed by atoms with Crippen LogP contribution in [0, 0.1) is 5.92 Å². The van der Waals surface area contributed by atoms with Gasteiger partial charge in [-0.1, -0.05) is 12.8 Å². The maximum absolute atomic E-state index is 5.96. The molecule has 0 aromatic carbocycles. The lowest BCUT2D eigenvalue weighted by Crippen LogP contribution is -2.48. The molecule has 0 spiro atoms. The van der Waals surface area contributed by atoms with Crippen LogP contribution in [0.1, 0.15) is 65.7 Å². The van der Waals surface area contributed by atoms with E-state index in [2.05, 4.69) is 37.6 Å².